The molecule has 1 aromatic heterocycles. The zero-order valence-electron chi connectivity index (χ0n) is 10.8. The van der Waals surface area contributed by atoms with Gasteiger partial charge in [-0.15, -0.1) is 11.8 Å². The molecule has 20 heavy (non-hydrogen) atoms. The molecule has 1 heterocycles. The van der Waals surface area contributed by atoms with Crippen LogP contribution < -0.4 is 0 Å². The topological polar surface area (TPSA) is 26.0 Å². The Labute approximate surface area is 126 Å². The molecule has 0 amide bonds. The van der Waals surface area contributed by atoms with Crippen LogP contribution in [0, 0.1) is 0 Å². The van der Waals surface area contributed by atoms with Gasteiger partial charge in [-0.3, -0.25) is 0 Å². The number of halogens is 1. The first-order chi connectivity index (χ1) is 9.78. The fourth-order valence-corrected chi connectivity index (χ4v) is 2.59. The lowest BCUT2D eigenvalue weighted by atomic mass is 10.1. The van der Waals surface area contributed by atoms with Crippen molar-refractivity contribution in [2.24, 2.45) is 0 Å². The van der Waals surface area contributed by atoms with Crippen molar-refractivity contribution in [2.45, 2.75) is 4.90 Å². The number of nitrogens with zero attached hydrogens (tertiary/aromatic N) is 1. The van der Waals surface area contributed by atoms with E-state index in [1.165, 1.54) is 4.90 Å². The quantitative estimate of drug-likeness (QED) is 0.607. The molecule has 0 saturated carbocycles. The SMILES string of the molecule is CSc1ccc(-c2nc(Cl)oc2-c2ccccc2)cc1. The van der Waals surface area contributed by atoms with Gasteiger partial charge in [-0.25, -0.2) is 0 Å². The number of aromatic nitrogens is 1. The molecular weight excluding hydrogens is 290 g/mol. The maximum Gasteiger partial charge on any atom is 0.293 e. The van der Waals surface area contributed by atoms with E-state index in [0.29, 0.717) is 5.76 Å². The van der Waals surface area contributed by atoms with Crippen molar-refractivity contribution >= 4 is 23.4 Å². The first-order valence-corrected chi connectivity index (χ1v) is 7.74. The summed E-state index contributed by atoms with van der Waals surface area (Å²) in [5.41, 5.74) is 2.74. The van der Waals surface area contributed by atoms with Crippen LogP contribution in [0.4, 0.5) is 0 Å². The summed E-state index contributed by atoms with van der Waals surface area (Å²) in [6, 6.07) is 18.1. The molecule has 0 saturated heterocycles. The van der Waals surface area contributed by atoms with E-state index in [0.717, 1.165) is 16.8 Å². The summed E-state index contributed by atoms with van der Waals surface area (Å²) in [5, 5.41) is 0.160. The number of thioether (sulfide) groups is 1. The molecule has 0 aliphatic carbocycles. The van der Waals surface area contributed by atoms with Gasteiger partial charge in [0.15, 0.2) is 5.76 Å². The molecule has 0 atom stereocenters. The van der Waals surface area contributed by atoms with Gasteiger partial charge in [0.1, 0.15) is 5.69 Å². The van der Waals surface area contributed by atoms with E-state index in [1.54, 1.807) is 11.8 Å². The van der Waals surface area contributed by atoms with Crippen LogP contribution in [0.2, 0.25) is 5.35 Å². The number of oxazole rings is 1. The van der Waals surface area contributed by atoms with Gasteiger partial charge in [-0.1, -0.05) is 42.5 Å². The Hall–Kier alpha value is -1.71. The average Bonchev–Trinajstić information content (AvgIpc) is 2.90. The predicted octanol–water partition coefficient (Wildman–Crippen LogP) is 5.38. The molecule has 0 aliphatic rings. The minimum atomic E-state index is 0.160. The first-order valence-electron chi connectivity index (χ1n) is 6.14. The summed E-state index contributed by atoms with van der Waals surface area (Å²) >= 11 is 7.65. The van der Waals surface area contributed by atoms with Gasteiger partial charge < -0.3 is 4.42 Å². The highest BCUT2D eigenvalue weighted by molar-refractivity contribution is 7.98. The second-order valence-electron chi connectivity index (χ2n) is 4.24. The Bertz CT molecular complexity index is 707. The van der Waals surface area contributed by atoms with Gasteiger partial charge >= 0.3 is 0 Å². The van der Waals surface area contributed by atoms with E-state index in [9.17, 15) is 0 Å². The van der Waals surface area contributed by atoms with Crippen LogP contribution in [0.15, 0.2) is 63.9 Å². The van der Waals surface area contributed by atoms with Crippen molar-refractivity contribution < 1.29 is 4.42 Å². The van der Waals surface area contributed by atoms with E-state index in [4.69, 9.17) is 16.0 Å². The molecule has 2 aromatic carbocycles. The Morgan fingerprint density at radius 3 is 2.30 bits per heavy atom. The third-order valence-electron chi connectivity index (χ3n) is 3.00. The molecule has 0 fully saturated rings. The largest absolute Gasteiger partial charge is 0.427 e. The summed E-state index contributed by atoms with van der Waals surface area (Å²) in [6.45, 7) is 0. The minimum Gasteiger partial charge on any atom is -0.427 e. The zero-order chi connectivity index (χ0) is 13.9. The second kappa shape index (κ2) is 5.73. The molecule has 0 aliphatic heterocycles. The third-order valence-corrected chi connectivity index (χ3v) is 3.91. The number of rotatable bonds is 3. The standard InChI is InChI=1S/C16H12ClNOS/c1-20-13-9-7-11(8-10-13)14-15(19-16(17)18-14)12-5-3-2-4-6-12/h2-10H,1H3. The van der Waals surface area contributed by atoms with Crippen molar-refractivity contribution in [3.05, 3.63) is 59.9 Å². The fraction of sp³-hybridized carbons (Fsp3) is 0.0625. The molecule has 2 nitrogen and oxygen atoms in total. The van der Waals surface area contributed by atoms with Gasteiger partial charge in [0.2, 0.25) is 0 Å². The normalized spacial score (nSPS) is 10.7. The second-order valence-corrected chi connectivity index (χ2v) is 5.44. The van der Waals surface area contributed by atoms with Crippen molar-refractivity contribution in [1.82, 2.24) is 4.98 Å². The van der Waals surface area contributed by atoms with Crippen molar-refractivity contribution in [3.8, 4) is 22.6 Å². The maximum atomic E-state index is 5.94. The maximum absolute atomic E-state index is 5.94. The first kappa shape index (κ1) is 13.3. The lowest BCUT2D eigenvalue weighted by Gasteiger charge is -2.02. The summed E-state index contributed by atoms with van der Waals surface area (Å²) in [4.78, 5) is 5.52. The predicted molar refractivity (Wildman–Crippen MR) is 84.2 cm³/mol. The van der Waals surface area contributed by atoms with E-state index < -0.39 is 0 Å². The summed E-state index contributed by atoms with van der Waals surface area (Å²) in [7, 11) is 0. The zero-order valence-corrected chi connectivity index (χ0v) is 12.4. The minimum absolute atomic E-state index is 0.160. The van der Waals surface area contributed by atoms with Crippen molar-refractivity contribution in [3.63, 3.8) is 0 Å². The van der Waals surface area contributed by atoms with Crippen LogP contribution in [0.5, 0.6) is 0 Å². The molecule has 4 heteroatoms. The molecule has 0 radical (unpaired) electrons. The Morgan fingerprint density at radius 1 is 0.950 bits per heavy atom. The monoisotopic (exact) mass is 301 g/mol. The molecule has 0 bridgehead atoms. The van der Waals surface area contributed by atoms with Crippen LogP contribution in [-0.2, 0) is 0 Å². The number of hydrogen-bond acceptors (Lipinski definition) is 3. The molecule has 3 rings (SSSR count). The Balaban J connectivity index is 2.09. The fourth-order valence-electron chi connectivity index (χ4n) is 2.02. The molecule has 0 N–H and O–H groups in total. The van der Waals surface area contributed by atoms with E-state index >= 15 is 0 Å². The van der Waals surface area contributed by atoms with Crippen LogP contribution in [-0.4, -0.2) is 11.2 Å². The summed E-state index contributed by atoms with van der Waals surface area (Å²) in [5.74, 6) is 0.701. The van der Waals surface area contributed by atoms with Crippen LogP contribution in [0.1, 0.15) is 0 Å². The molecule has 3 aromatic rings. The lowest BCUT2D eigenvalue weighted by Crippen LogP contribution is -1.82. The lowest BCUT2D eigenvalue weighted by molar-refractivity contribution is 0.574. The van der Waals surface area contributed by atoms with Gasteiger partial charge in [0, 0.05) is 16.0 Å². The van der Waals surface area contributed by atoms with E-state index in [-0.39, 0.29) is 5.35 Å². The Morgan fingerprint density at radius 2 is 1.65 bits per heavy atom. The molecule has 0 unspecified atom stereocenters. The van der Waals surface area contributed by atoms with Crippen molar-refractivity contribution in [1.29, 1.82) is 0 Å². The Kier molecular flexibility index (Phi) is 3.81. The highest BCUT2D eigenvalue weighted by atomic mass is 35.5. The number of hydrogen-bond donors (Lipinski definition) is 0. The van der Waals surface area contributed by atoms with Crippen LogP contribution >= 0.6 is 23.4 Å². The van der Waals surface area contributed by atoms with Crippen LogP contribution in [0.25, 0.3) is 22.6 Å². The van der Waals surface area contributed by atoms with Crippen molar-refractivity contribution in [2.75, 3.05) is 6.26 Å². The average molecular weight is 302 g/mol. The van der Waals surface area contributed by atoms with Gasteiger partial charge in [0.25, 0.3) is 5.35 Å². The summed E-state index contributed by atoms with van der Waals surface area (Å²) < 4.78 is 5.56. The third kappa shape index (κ3) is 2.60. The highest BCUT2D eigenvalue weighted by Crippen LogP contribution is 2.34. The van der Waals surface area contributed by atoms with E-state index in [2.05, 4.69) is 23.4 Å². The molecule has 0 spiro atoms. The molecule has 100 valence electrons. The molecular formula is C16H12ClNOS. The van der Waals surface area contributed by atoms with Gasteiger partial charge in [0.05, 0.1) is 0 Å². The number of benzene rings is 2. The smallest absolute Gasteiger partial charge is 0.293 e. The summed E-state index contributed by atoms with van der Waals surface area (Å²) in [6.07, 6.45) is 2.05. The highest BCUT2D eigenvalue weighted by Gasteiger charge is 2.15. The van der Waals surface area contributed by atoms with Crippen LogP contribution in [0.3, 0.4) is 0 Å². The van der Waals surface area contributed by atoms with Gasteiger partial charge in [-0.05, 0) is 30.0 Å². The van der Waals surface area contributed by atoms with E-state index in [1.807, 2.05) is 42.5 Å². The van der Waals surface area contributed by atoms with Gasteiger partial charge in [-0.2, -0.15) is 4.98 Å².